The molecule has 0 spiro atoms. The zero-order valence-corrected chi connectivity index (χ0v) is 26.1. The minimum Gasteiger partial charge on any atom is -0.481 e. The molecule has 3 atom stereocenters. The summed E-state index contributed by atoms with van der Waals surface area (Å²) in [6.07, 6.45) is -0.944. The van der Waals surface area contributed by atoms with E-state index in [1.165, 1.54) is 32.4 Å². The molecule has 4 rings (SSSR count). The molecule has 254 valence electrons. The number of carboxylic acids is 1. The first-order valence-corrected chi connectivity index (χ1v) is 15.3. The summed E-state index contributed by atoms with van der Waals surface area (Å²) < 4.78 is 21.0. The second-order valence-electron chi connectivity index (χ2n) is 11.2. The van der Waals surface area contributed by atoms with Crippen LogP contribution in [-0.4, -0.2) is 133 Å². The maximum absolute atomic E-state index is 14.0. The molecule has 2 saturated heterocycles. The standard InChI is InChI=1S/C30H38FN7O9/c1-3-37(31)29(44)23-10-7-13-36(23)24(39)18-47-25-16-22(33-38(25)20-8-5-4-6-9-20)27(42)32-21(11-12-26(40)41)28(43)35-15-14-34(30(45)46)17-19(35)2/h4-6,8-9,16,19,21,23H,3,7,10-15,17-18H2,1-2H3,(H,32,42)(H,40,41)(H,45,46). The number of likely N-dealkylation sites (N-methyl/N-ethyl adjacent to an activating group) is 1. The minimum atomic E-state index is -1.26. The van der Waals surface area contributed by atoms with Crippen LogP contribution in [0.4, 0.5) is 9.28 Å². The molecular formula is C30H38FN7O9. The average molecular weight is 660 g/mol. The number of rotatable bonds is 12. The number of carbonyl (C=O) groups is 6. The van der Waals surface area contributed by atoms with Gasteiger partial charge in [-0.05, 0) is 45.2 Å². The first-order valence-electron chi connectivity index (χ1n) is 15.3. The van der Waals surface area contributed by atoms with Gasteiger partial charge in [-0.2, -0.15) is 10.2 Å². The molecular weight excluding hydrogens is 621 g/mol. The Labute approximate surface area is 269 Å². The summed E-state index contributed by atoms with van der Waals surface area (Å²) >= 11 is 0. The van der Waals surface area contributed by atoms with E-state index in [2.05, 4.69) is 10.4 Å². The van der Waals surface area contributed by atoms with E-state index < -0.39 is 66.8 Å². The van der Waals surface area contributed by atoms with Crippen LogP contribution in [0.15, 0.2) is 36.4 Å². The molecule has 2 aliphatic rings. The van der Waals surface area contributed by atoms with E-state index in [1.54, 1.807) is 37.3 Å². The Morgan fingerprint density at radius 2 is 1.81 bits per heavy atom. The molecule has 17 heteroatoms. The molecule has 0 bridgehead atoms. The summed E-state index contributed by atoms with van der Waals surface area (Å²) in [6, 6.07) is 7.08. The molecule has 0 radical (unpaired) electrons. The Morgan fingerprint density at radius 1 is 1.09 bits per heavy atom. The van der Waals surface area contributed by atoms with Crippen molar-refractivity contribution >= 4 is 35.7 Å². The maximum atomic E-state index is 14.0. The fourth-order valence-corrected chi connectivity index (χ4v) is 5.61. The maximum Gasteiger partial charge on any atom is 0.407 e. The lowest BCUT2D eigenvalue weighted by molar-refractivity contribution is -0.155. The van der Waals surface area contributed by atoms with E-state index in [0.717, 1.165) is 0 Å². The molecule has 5 amide bonds. The molecule has 1 aromatic carbocycles. The number of piperazine rings is 1. The summed E-state index contributed by atoms with van der Waals surface area (Å²) in [5.41, 5.74) is 0.279. The van der Waals surface area contributed by atoms with Crippen molar-refractivity contribution in [3.05, 3.63) is 42.1 Å². The lowest BCUT2D eigenvalue weighted by Gasteiger charge is -2.40. The monoisotopic (exact) mass is 659 g/mol. The van der Waals surface area contributed by atoms with Crippen molar-refractivity contribution < 1.29 is 48.2 Å². The molecule has 16 nitrogen and oxygen atoms in total. The molecule has 0 saturated carbocycles. The van der Waals surface area contributed by atoms with E-state index in [4.69, 9.17) is 4.74 Å². The molecule has 1 aromatic heterocycles. The van der Waals surface area contributed by atoms with Gasteiger partial charge >= 0.3 is 12.1 Å². The molecule has 47 heavy (non-hydrogen) atoms. The highest BCUT2D eigenvalue weighted by molar-refractivity contribution is 5.96. The molecule has 3 unspecified atom stereocenters. The highest BCUT2D eigenvalue weighted by Gasteiger charge is 2.37. The number of aliphatic carboxylic acids is 1. The SMILES string of the molecule is CCN(F)C(=O)C1CCCN1C(=O)COc1cc(C(=O)NC(CCC(=O)O)C(=O)N2CCN(C(=O)O)CC2C)nn1-c1ccccc1. The van der Waals surface area contributed by atoms with Crippen molar-refractivity contribution in [2.75, 3.05) is 39.3 Å². The van der Waals surface area contributed by atoms with Gasteiger partial charge in [0.1, 0.15) is 12.1 Å². The third kappa shape index (κ3) is 8.33. The highest BCUT2D eigenvalue weighted by atomic mass is 19.2. The van der Waals surface area contributed by atoms with Crippen LogP contribution in [0.5, 0.6) is 5.88 Å². The molecule has 3 heterocycles. The second-order valence-corrected chi connectivity index (χ2v) is 11.2. The third-order valence-electron chi connectivity index (χ3n) is 8.06. The lowest BCUT2D eigenvalue weighted by Crippen LogP contribution is -2.59. The second kappa shape index (κ2) is 15.4. The number of benzene rings is 1. The first-order chi connectivity index (χ1) is 22.4. The van der Waals surface area contributed by atoms with Crippen LogP contribution in [0.1, 0.15) is 50.0 Å². The average Bonchev–Trinajstić information content (AvgIpc) is 3.73. The van der Waals surface area contributed by atoms with Crippen LogP contribution >= 0.6 is 0 Å². The number of nitrogens with one attached hydrogen (secondary N) is 1. The zero-order valence-electron chi connectivity index (χ0n) is 26.1. The molecule has 2 aliphatic heterocycles. The van der Waals surface area contributed by atoms with Gasteiger partial charge in [-0.3, -0.25) is 24.0 Å². The van der Waals surface area contributed by atoms with Crippen LogP contribution < -0.4 is 10.1 Å². The Balaban J connectivity index is 1.53. The van der Waals surface area contributed by atoms with Gasteiger partial charge in [-0.15, -0.1) is 0 Å². The Morgan fingerprint density at radius 3 is 2.45 bits per heavy atom. The summed E-state index contributed by atoms with van der Waals surface area (Å²) in [7, 11) is 0. The van der Waals surface area contributed by atoms with Crippen molar-refractivity contribution in [2.24, 2.45) is 0 Å². The van der Waals surface area contributed by atoms with Crippen LogP contribution in [-0.2, 0) is 19.2 Å². The van der Waals surface area contributed by atoms with Gasteiger partial charge in [0, 0.05) is 44.7 Å². The Bertz CT molecular complexity index is 1490. The zero-order chi connectivity index (χ0) is 34.2. The quantitative estimate of drug-likeness (QED) is 0.278. The van der Waals surface area contributed by atoms with Crippen LogP contribution in [0, 0.1) is 0 Å². The smallest absolute Gasteiger partial charge is 0.407 e. The van der Waals surface area contributed by atoms with Crippen LogP contribution in [0.3, 0.4) is 0 Å². The van der Waals surface area contributed by atoms with Gasteiger partial charge in [-0.25, -0.2) is 9.48 Å². The number of nitrogens with zero attached hydrogens (tertiary/aromatic N) is 6. The van der Waals surface area contributed by atoms with Crippen molar-refractivity contribution in [3.63, 3.8) is 0 Å². The van der Waals surface area contributed by atoms with Gasteiger partial charge in [0.25, 0.3) is 17.7 Å². The number of carboxylic acid groups (broad SMARTS) is 2. The van der Waals surface area contributed by atoms with E-state index in [9.17, 15) is 43.5 Å². The summed E-state index contributed by atoms with van der Waals surface area (Å²) in [6.45, 7) is 2.87. The van der Waals surface area contributed by atoms with Crippen molar-refractivity contribution in [1.82, 2.24) is 34.9 Å². The number of amides is 5. The normalized spacial score (nSPS) is 18.4. The number of halogens is 1. The summed E-state index contributed by atoms with van der Waals surface area (Å²) in [5.74, 6) is -3.93. The van der Waals surface area contributed by atoms with E-state index >= 15 is 0 Å². The van der Waals surface area contributed by atoms with E-state index in [0.29, 0.717) is 18.5 Å². The number of likely N-dealkylation sites (tertiary alicyclic amines) is 1. The third-order valence-corrected chi connectivity index (χ3v) is 8.06. The van der Waals surface area contributed by atoms with E-state index in [-0.39, 0.29) is 55.8 Å². The summed E-state index contributed by atoms with van der Waals surface area (Å²) in [5, 5.41) is 25.5. The van der Waals surface area contributed by atoms with Crippen molar-refractivity contribution in [1.29, 1.82) is 0 Å². The van der Waals surface area contributed by atoms with Gasteiger partial charge in [-0.1, -0.05) is 22.7 Å². The van der Waals surface area contributed by atoms with Crippen molar-refractivity contribution in [2.45, 2.75) is 57.7 Å². The molecule has 2 aromatic rings. The van der Waals surface area contributed by atoms with Crippen LogP contribution in [0.2, 0.25) is 0 Å². The fraction of sp³-hybridized carbons (Fsp3) is 0.500. The number of hydrogen-bond donors (Lipinski definition) is 3. The van der Waals surface area contributed by atoms with E-state index in [1.807, 2.05) is 0 Å². The van der Waals surface area contributed by atoms with Crippen LogP contribution in [0.25, 0.3) is 5.69 Å². The number of ether oxygens (including phenoxy) is 1. The minimum absolute atomic E-state index is 0.00993. The van der Waals surface area contributed by atoms with Gasteiger partial charge in [0.15, 0.2) is 12.3 Å². The molecule has 3 N–H and O–H groups in total. The lowest BCUT2D eigenvalue weighted by atomic mass is 10.1. The van der Waals surface area contributed by atoms with Gasteiger partial charge in [0.2, 0.25) is 11.8 Å². The number of para-hydroxylation sites is 1. The summed E-state index contributed by atoms with van der Waals surface area (Å²) in [4.78, 5) is 79.1. The molecule has 0 aliphatic carbocycles. The topological polar surface area (TPSA) is 195 Å². The van der Waals surface area contributed by atoms with Gasteiger partial charge < -0.3 is 35.0 Å². The Hall–Kier alpha value is -5.22. The highest BCUT2D eigenvalue weighted by Crippen LogP contribution is 2.23. The number of hydrogen-bond acceptors (Lipinski definition) is 8. The van der Waals surface area contributed by atoms with Gasteiger partial charge in [0.05, 0.1) is 12.2 Å². The number of aromatic nitrogens is 2. The predicted molar refractivity (Wildman–Crippen MR) is 161 cm³/mol. The van der Waals surface area contributed by atoms with Crippen molar-refractivity contribution in [3.8, 4) is 11.6 Å². The predicted octanol–water partition coefficient (Wildman–Crippen LogP) is 1.15. The Kier molecular flexibility index (Phi) is 11.3. The molecule has 2 fully saturated rings. The largest absolute Gasteiger partial charge is 0.481 e. The number of carbonyl (C=O) groups excluding carboxylic acids is 4. The fourth-order valence-electron chi connectivity index (χ4n) is 5.61. The first kappa shape index (κ1) is 34.6.